The lowest BCUT2D eigenvalue weighted by Gasteiger charge is -2.28. The highest BCUT2D eigenvalue weighted by atomic mass is 16.7. The summed E-state index contributed by atoms with van der Waals surface area (Å²) in [5.41, 5.74) is 1.38. The molecule has 0 aliphatic heterocycles. The molecule has 0 heterocycles. The van der Waals surface area contributed by atoms with Crippen LogP contribution in [-0.2, 0) is 9.47 Å². The zero-order chi connectivity index (χ0) is 18.2. The van der Waals surface area contributed by atoms with Crippen molar-refractivity contribution in [2.75, 3.05) is 6.61 Å². The fourth-order valence-electron chi connectivity index (χ4n) is 3.55. The predicted molar refractivity (Wildman–Crippen MR) is 106 cm³/mol. The van der Waals surface area contributed by atoms with E-state index >= 15 is 0 Å². The lowest BCUT2D eigenvalue weighted by atomic mass is 9.83. The minimum Gasteiger partial charge on any atom is -0.352 e. The van der Waals surface area contributed by atoms with Gasteiger partial charge < -0.3 is 9.47 Å². The highest BCUT2D eigenvalue weighted by Gasteiger charge is 2.21. The molecule has 0 aromatic carbocycles. The molecule has 0 N–H and O–H groups in total. The van der Waals surface area contributed by atoms with Crippen LogP contribution in [0, 0.1) is 23.7 Å². The standard InChI is InChI=1S/C23H38O2/c1-6-23(24-16-20-12-10-18(4)11-13-20)25-22-9-7-8-21(14-15-22)19(5)17(2)3/h7-9,14-15,17-20,22-23H,6,10-13,16H2,1-5H3. The molecule has 2 nitrogen and oxygen atoms in total. The lowest BCUT2D eigenvalue weighted by Crippen LogP contribution is -2.26. The summed E-state index contributed by atoms with van der Waals surface area (Å²) in [4.78, 5) is 0. The third kappa shape index (κ3) is 6.75. The third-order valence-corrected chi connectivity index (χ3v) is 5.89. The fourth-order valence-corrected chi connectivity index (χ4v) is 3.55. The molecule has 3 atom stereocenters. The first-order valence-electron chi connectivity index (χ1n) is 10.3. The lowest BCUT2D eigenvalue weighted by molar-refractivity contribution is -0.160. The molecule has 0 spiro atoms. The smallest absolute Gasteiger partial charge is 0.158 e. The van der Waals surface area contributed by atoms with Gasteiger partial charge in [0.25, 0.3) is 0 Å². The van der Waals surface area contributed by atoms with Crippen LogP contribution in [-0.4, -0.2) is 19.0 Å². The van der Waals surface area contributed by atoms with Gasteiger partial charge in [-0.25, -0.2) is 0 Å². The van der Waals surface area contributed by atoms with Crippen LogP contribution in [0.2, 0.25) is 0 Å². The van der Waals surface area contributed by atoms with Gasteiger partial charge in [-0.05, 0) is 48.5 Å². The summed E-state index contributed by atoms with van der Waals surface area (Å²) in [6.07, 6.45) is 17.0. The van der Waals surface area contributed by atoms with Crippen LogP contribution in [0.3, 0.4) is 0 Å². The van der Waals surface area contributed by atoms with Gasteiger partial charge in [-0.1, -0.05) is 77.8 Å². The molecule has 3 unspecified atom stereocenters. The SMILES string of the molecule is CCC(OCC1CCC(C)CC1)OC1C=CC=C(C(C)C(C)C)C=C1. The Kier molecular flexibility index (Phi) is 8.45. The second kappa shape index (κ2) is 10.3. The minimum atomic E-state index is -0.109. The Morgan fingerprint density at radius 2 is 1.80 bits per heavy atom. The summed E-state index contributed by atoms with van der Waals surface area (Å²) in [5, 5.41) is 0. The number of hydrogen-bond donors (Lipinski definition) is 0. The monoisotopic (exact) mass is 346 g/mol. The van der Waals surface area contributed by atoms with Crippen LogP contribution in [0.1, 0.15) is 66.7 Å². The number of hydrogen-bond acceptors (Lipinski definition) is 2. The van der Waals surface area contributed by atoms with Gasteiger partial charge in [-0.15, -0.1) is 0 Å². The van der Waals surface area contributed by atoms with Crippen LogP contribution in [0.25, 0.3) is 0 Å². The quantitative estimate of drug-likeness (QED) is 0.480. The van der Waals surface area contributed by atoms with Gasteiger partial charge in [-0.3, -0.25) is 0 Å². The molecule has 2 aliphatic rings. The van der Waals surface area contributed by atoms with E-state index in [9.17, 15) is 0 Å². The molecule has 142 valence electrons. The van der Waals surface area contributed by atoms with Crippen molar-refractivity contribution < 1.29 is 9.47 Å². The summed E-state index contributed by atoms with van der Waals surface area (Å²) in [6.45, 7) is 12.2. The molecule has 0 aromatic rings. The summed E-state index contributed by atoms with van der Waals surface area (Å²) < 4.78 is 12.3. The van der Waals surface area contributed by atoms with Gasteiger partial charge >= 0.3 is 0 Å². The van der Waals surface area contributed by atoms with E-state index < -0.39 is 0 Å². The first kappa shape index (κ1) is 20.5. The predicted octanol–water partition coefficient (Wildman–Crippen LogP) is 6.30. The molecular weight excluding hydrogens is 308 g/mol. The average molecular weight is 347 g/mol. The van der Waals surface area contributed by atoms with Gasteiger partial charge in [0.2, 0.25) is 0 Å². The zero-order valence-electron chi connectivity index (χ0n) is 16.9. The molecule has 25 heavy (non-hydrogen) atoms. The summed E-state index contributed by atoms with van der Waals surface area (Å²) in [7, 11) is 0. The highest BCUT2D eigenvalue weighted by molar-refractivity contribution is 5.31. The average Bonchev–Trinajstić information content (AvgIpc) is 2.84. The molecule has 0 radical (unpaired) electrons. The summed E-state index contributed by atoms with van der Waals surface area (Å²) in [6, 6.07) is 0. The van der Waals surface area contributed by atoms with Gasteiger partial charge in [-0.2, -0.15) is 0 Å². The van der Waals surface area contributed by atoms with E-state index in [2.05, 4.69) is 65.0 Å². The van der Waals surface area contributed by atoms with E-state index in [1.807, 2.05) is 0 Å². The van der Waals surface area contributed by atoms with Crippen LogP contribution in [0.4, 0.5) is 0 Å². The maximum atomic E-state index is 6.19. The number of ether oxygens (including phenoxy) is 2. The molecule has 1 fully saturated rings. The molecule has 2 aliphatic carbocycles. The van der Waals surface area contributed by atoms with E-state index in [0.29, 0.717) is 17.8 Å². The van der Waals surface area contributed by atoms with E-state index in [4.69, 9.17) is 9.47 Å². The van der Waals surface area contributed by atoms with Crippen LogP contribution < -0.4 is 0 Å². The number of rotatable bonds is 8. The van der Waals surface area contributed by atoms with Gasteiger partial charge in [0.1, 0.15) is 0 Å². The van der Waals surface area contributed by atoms with Gasteiger partial charge in [0.15, 0.2) is 6.29 Å². The molecule has 0 saturated heterocycles. The Morgan fingerprint density at radius 3 is 2.44 bits per heavy atom. The second-order valence-corrected chi connectivity index (χ2v) is 8.34. The minimum absolute atomic E-state index is 0.00411. The Labute approximate surface area is 155 Å². The molecule has 0 amide bonds. The van der Waals surface area contributed by atoms with Crippen molar-refractivity contribution in [3.05, 3.63) is 36.0 Å². The summed E-state index contributed by atoms with van der Waals surface area (Å²) >= 11 is 0. The van der Waals surface area contributed by atoms with Crippen molar-refractivity contribution in [1.29, 1.82) is 0 Å². The van der Waals surface area contributed by atoms with Crippen molar-refractivity contribution in [2.45, 2.75) is 79.1 Å². The molecule has 0 aromatic heterocycles. The zero-order valence-corrected chi connectivity index (χ0v) is 16.9. The van der Waals surface area contributed by atoms with Gasteiger partial charge in [0, 0.05) is 0 Å². The Hall–Kier alpha value is -0.860. The van der Waals surface area contributed by atoms with Crippen LogP contribution >= 0.6 is 0 Å². The molecule has 0 bridgehead atoms. The normalized spacial score (nSPS) is 29.4. The Morgan fingerprint density at radius 1 is 1.08 bits per heavy atom. The Bertz CT molecular complexity index is 466. The molecular formula is C23H38O2. The third-order valence-electron chi connectivity index (χ3n) is 5.89. The first-order chi connectivity index (χ1) is 12.0. The van der Waals surface area contributed by atoms with Crippen LogP contribution in [0.15, 0.2) is 36.0 Å². The first-order valence-corrected chi connectivity index (χ1v) is 10.3. The largest absolute Gasteiger partial charge is 0.352 e. The van der Waals surface area contributed by atoms with Crippen molar-refractivity contribution in [3.8, 4) is 0 Å². The van der Waals surface area contributed by atoms with E-state index in [1.54, 1.807) is 0 Å². The van der Waals surface area contributed by atoms with Crippen LogP contribution in [0.5, 0.6) is 0 Å². The van der Waals surface area contributed by atoms with Crippen molar-refractivity contribution >= 4 is 0 Å². The van der Waals surface area contributed by atoms with E-state index in [1.165, 1.54) is 31.3 Å². The van der Waals surface area contributed by atoms with E-state index in [-0.39, 0.29) is 12.4 Å². The maximum Gasteiger partial charge on any atom is 0.158 e. The Balaban J connectivity index is 1.80. The fraction of sp³-hybridized carbons (Fsp3) is 0.739. The highest BCUT2D eigenvalue weighted by Crippen LogP contribution is 2.29. The van der Waals surface area contributed by atoms with E-state index in [0.717, 1.165) is 18.9 Å². The van der Waals surface area contributed by atoms with Crippen molar-refractivity contribution in [1.82, 2.24) is 0 Å². The van der Waals surface area contributed by atoms with Crippen molar-refractivity contribution in [2.24, 2.45) is 23.7 Å². The number of allylic oxidation sites excluding steroid dienone is 4. The van der Waals surface area contributed by atoms with Crippen molar-refractivity contribution in [3.63, 3.8) is 0 Å². The summed E-state index contributed by atoms with van der Waals surface area (Å²) in [5.74, 6) is 2.82. The second-order valence-electron chi connectivity index (χ2n) is 8.34. The molecule has 2 heteroatoms. The molecule has 2 rings (SSSR count). The van der Waals surface area contributed by atoms with Gasteiger partial charge in [0.05, 0.1) is 12.7 Å². The molecule has 1 saturated carbocycles. The topological polar surface area (TPSA) is 18.5 Å². The maximum absolute atomic E-state index is 6.19.